The van der Waals surface area contributed by atoms with E-state index in [0.29, 0.717) is 4.90 Å². The zero-order chi connectivity index (χ0) is 14.0. The third-order valence-corrected chi connectivity index (χ3v) is 2.62. The molecule has 0 aliphatic carbocycles. The summed E-state index contributed by atoms with van der Waals surface area (Å²) >= 11 is 0. The lowest BCUT2D eigenvalue weighted by atomic mass is 10.2. The number of nitrogens with zero attached hydrogens (tertiary/aromatic N) is 3. The van der Waals surface area contributed by atoms with Gasteiger partial charge in [0.25, 0.3) is 5.91 Å². The molecule has 1 aliphatic heterocycles. The highest BCUT2D eigenvalue weighted by molar-refractivity contribution is 5.96. The van der Waals surface area contributed by atoms with Crippen molar-refractivity contribution in [3.63, 3.8) is 0 Å². The van der Waals surface area contributed by atoms with Gasteiger partial charge in [0.1, 0.15) is 12.6 Å². The van der Waals surface area contributed by atoms with E-state index in [-0.39, 0.29) is 18.7 Å². The second kappa shape index (κ2) is 4.86. The summed E-state index contributed by atoms with van der Waals surface area (Å²) in [5, 5.41) is 11.5. The van der Waals surface area contributed by atoms with Crippen molar-refractivity contribution in [1.29, 1.82) is 0 Å². The van der Waals surface area contributed by atoms with Crippen LogP contribution in [0.5, 0.6) is 0 Å². The number of alkyl halides is 3. The molecule has 2 N–H and O–H groups in total. The SMILES string of the molecule is O=C(NC1CCN(CC(F)(F)F)C1=O)c1cn[nH]n1. The van der Waals surface area contributed by atoms with Crippen LogP contribution in [-0.4, -0.2) is 57.4 Å². The lowest BCUT2D eigenvalue weighted by Crippen LogP contribution is -2.43. The molecule has 1 fully saturated rings. The van der Waals surface area contributed by atoms with Gasteiger partial charge in [-0.1, -0.05) is 0 Å². The normalized spacial score (nSPS) is 19.8. The number of nitrogens with one attached hydrogen (secondary N) is 2. The molecule has 19 heavy (non-hydrogen) atoms. The highest BCUT2D eigenvalue weighted by Gasteiger charge is 2.39. The first-order valence-electron chi connectivity index (χ1n) is 5.39. The molecule has 10 heteroatoms. The molecule has 0 bridgehead atoms. The summed E-state index contributed by atoms with van der Waals surface area (Å²) in [7, 11) is 0. The van der Waals surface area contributed by atoms with Gasteiger partial charge in [0, 0.05) is 6.54 Å². The first kappa shape index (κ1) is 13.3. The molecule has 1 unspecified atom stereocenters. The van der Waals surface area contributed by atoms with Crippen molar-refractivity contribution >= 4 is 11.8 Å². The summed E-state index contributed by atoms with van der Waals surface area (Å²) in [4.78, 5) is 23.9. The number of H-pyrrole nitrogens is 1. The number of carbonyl (C=O) groups is 2. The van der Waals surface area contributed by atoms with Crippen molar-refractivity contribution in [2.24, 2.45) is 0 Å². The van der Waals surface area contributed by atoms with E-state index in [1.807, 2.05) is 0 Å². The van der Waals surface area contributed by atoms with Crippen molar-refractivity contribution in [1.82, 2.24) is 25.6 Å². The Bertz CT molecular complexity index is 473. The molecule has 2 amide bonds. The minimum Gasteiger partial charge on any atom is -0.339 e. The van der Waals surface area contributed by atoms with Gasteiger partial charge < -0.3 is 10.2 Å². The molecule has 0 aromatic carbocycles. The Hall–Kier alpha value is -2.13. The van der Waals surface area contributed by atoms with Gasteiger partial charge in [-0.3, -0.25) is 9.59 Å². The van der Waals surface area contributed by atoms with E-state index in [2.05, 4.69) is 20.7 Å². The van der Waals surface area contributed by atoms with E-state index in [1.54, 1.807) is 0 Å². The molecule has 1 saturated heterocycles. The molecule has 104 valence electrons. The Morgan fingerprint density at radius 2 is 2.32 bits per heavy atom. The molecular formula is C9H10F3N5O2. The molecule has 1 aliphatic rings. The second-order valence-corrected chi connectivity index (χ2v) is 4.04. The third-order valence-electron chi connectivity index (χ3n) is 2.62. The van der Waals surface area contributed by atoms with Gasteiger partial charge in [-0.25, -0.2) is 0 Å². The smallest absolute Gasteiger partial charge is 0.339 e. The number of hydrogen-bond acceptors (Lipinski definition) is 4. The van der Waals surface area contributed by atoms with Crippen molar-refractivity contribution in [3.8, 4) is 0 Å². The van der Waals surface area contributed by atoms with Crippen LogP contribution in [0.4, 0.5) is 13.2 Å². The molecule has 1 aromatic heterocycles. The fourth-order valence-electron chi connectivity index (χ4n) is 1.79. The number of aromatic nitrogens is 3. The van der Waals surface area contributed by atoms with Gasteiger partial charge in [0.2, 0.25) is 5.91 Å². The topological polar surface area (TPSA) is 91.0 Å². The summed E-state index contributed by atoms with van der Waals surface area (Å²) in [6, 6.07) is -0.952. The maximum Gasteiger partial charge on any atom is 0.406 e. The molecular weight excluding hydrogens is 267 g/mol. The van der Waals surface area contributed by atoms with Crippen LogP contribution >= 0.6 is 0 Å². The van der Waals surface area contributed by atoms with Gasteiger partial charge in [0.05, 0.1) is 6.20 Å². The number of aromatic amines is 1. The predicted molar refractivity (Wildman–Crippen MR) is 54.9 cm³/mol. The molecule has 7 nitrogen and oxygen atoms in total. The standard InChI is InChI=1S/C9H10F3N5O2/c10-9(11,12)4-17-2-1-5(8(17)19)14-7(18)6-3-13-16-15-6/h3,5H,1-2,4H2,(H,14,18)(H,13,15,16). The Kier molecular flexibility index (Phi) is 3.40. The largest absolute Gasteiger partial charge is 0.406 e. The average Bonchev–Trinajstić information content (AvgIpc) is 2.92. The number of hydrogen-bond donors (Lipinski definition) is 2. The van der Waals surface area contributed by atoms with Crippen LogP contribution in [0.2, 0.25) is 0 Å². The lowest BCUT2D eigenvalue weighted by Gasteiger charge is -2.18. The van der Waals surface area contributed by atoms with Crippen LogP contribution in [0.1, 0.15) is 16.9 Å². The van der Waals surface area contributed by atoms with Crippen molar-refractivity contribution in [2.75, 3.05) is 13.1 Å². The molecule has 2 rings (SSSR count). The van der Waals surface area contributed by atoms with E-state index in [9.17, 15) is 22.8 Å². The Morgan fingerprint density at radius 1 is 1.58 bits per heavy atom. The van der Waals surface area contributed by atoms with Gasteiger partial charge >= 0.3 is 6.18 Å². The van der Waals surface area contributed by atoms with Crippen LogP contribution in [0.3, 0.4) is 0 Å². The highest BCUT2D eigenvalue weighted by atomic mass is 19.4. The van der Waals surface area contributed by atoms with E-state index in [1.165, 1.54) is 0 Å². The minimum atomic E-state index is -4.44. The monoisotopic (exact) mass is 277 g/mol. The molecule has 0 spiro atoms. The quantitative estimate of drug-likeness (QED) is 0.793. The maximum absolute atomic E-state index is 12.2. The van der Waals surface area contributed by atoms with Crippen molar-refractivity contribution in [3.05, 3.63) is 11.9 Å². The van der Waals surface area contributed by atoms with Gasteiger partial charge in [-0.15, -0.1) is 0 Å². The summed E-state index contributed by atoms with van der Waals surface area (Å²) in [5.41, 5.74) is -0.0259. The van der Waals surface area contributed by atoms with Gasteiger partial charge in [-0.2, -0.15) is 28.6 Å². The van der Waals surface area contributed by atoms with Gasteiger partial charge in [-0.05, 0) is 6.42 Å². The molecule has 2 heterocycles. The summed E-state index contributed by atoms with van der Waals surface area (Å²) in [6.45, 7) is -1.34. The van der Waals surface area contributed by atoms with Crippen molar-refractivity contribution < 1.29 is 22.8 Å². The zero-order valence-electron chi connectivity index (χ0n) is 9.57. The first-order chi connectivity index (χ1) is 8.87. The molecule has 1 atom stereocenters. The van der Waals surface area contributed by atoms with E-state index in [4.69, 9.17) is 0 Å². The van der Waals surface area contributed by atoms with E-state index in [0.717, 1.165) is 6.20 Å². The summed E-state index contributed by atoms with van der Waals surface area (Å²) < 4.78 is 36.6. The third kappa shape index (κ3) is 3.20. The van der Waals surface area contributed by atoms with Crippen LogP contribution < -0.4 is 5.32 Å². The molecule has 0 saturated carbocycles. The van der Waals surface area contributed by atoms with Gasteiger partial charge in [0.15, 0.2) is 5.69 Å². The number of rotatable bonds is 3. The number of likely N-dealkylation sites (tertiary alicyclic amines) is 1. The van der Waals surface area contributed by atoms with E-state index < -0.39 is 30.6 Å². The fraction of sp³-hybridized carbons (Fsp3) is 0.556. The highest BCUT2D eigenvalue weighted by Crippen LogP contribution is 2.20. The van der Waals surface area contributed by atoms with Crippen molar-refractivity contribution in [2.45, 2.75) is 18.6 Å². The number of halogens is 3. The van der Waals surface area contributed by atoms with Crippen LogP contribution in [0, 0.1) is 0 Å². The van der Waals surface area contributed by atoms with Crippen LogP contribution in [-0.2, 0) is 4.79 Å². The van der Waals surface area contributed by atoms with E-state index >= 15 is 0 Å². The molecule has 1 aromatic rings. The average molecular weight is 277 g/mol. The predicted octanol–water partition coefficient (Wildman–Crippen LogP) is -0.302. The number of amides is 2. The fourth-order valence-corrected chi connectivity index (χ4v) is 1.79. The summed E-state index contributed by atoms with van der Waals surface area (Å²) in [6.07, 6.45) is -3.15. The lowest BCUT2D eigenvalue weighted by molar-refractivity contribution is -0.157. The Morgan fingerprint density at radius 3 is 2.89 bits per heavy atom. The Balaban J connectivity index is 1.93. The maximum atomic E-state index is 12.2. The van der Waals surface area contributed by atoms with Crippen LogP contribution in [0.15, 0.2) is 6.20 Å². The van der Waals surface area contributed by atoms with Crippen LogP contribution in [0.25, 0.3) is 0 Å². The molecule has 0 radical (unpaired) electrons. The summed E-state index contributed by atoms with van der Waals surface area (Å²) in [5.74, 6) is -1.39. The first-order valence-corrected chi connectivity index (χ1v) is 5.39. The minimum absolute atomic E-state index is 0.0259. The Labute approximate surface area is 105 Å². The zero-order valence-corrected chi connectivity index (χ0v) is 9.57. The second-order valence-electron chi connectivity index (χ2n) is 4.04. The number of carbonyl (C=O) groups excluding carboxylic acids is 2.